The van der Waals surface area contributed by atoms with Crippen molar-refractivity contribution in [2.24, 2.45) is 0 Å². The lowest BCUT2D eigenvalue weighted by molar-refractivity contribution is -0.117. The second-order valence-electron chi connectivity index (χ2n) is 5.33. The van der Waals surface area contributed by atoms with Gasteiger partial charge in [-0.05, 0) is 18.2 Å². The van der Waals surface area contributed by atoms with E-state index in [0.717, 1.165) is 11.3 Å². The Morgan fingerprint density at radius 2 is 2.04 bits per heavy atom. The van der Waals surface area contributed by atoms with Crippen molar-refractivity contribution < 1.29 is 18.7 Å². The Hall–Kier alpha value is -3.48. The summed E-state index contributed by atoms with van der Waals surface area (Å²) in [7, 11) is 0. The zero-order valence-electron chi connectivity index (χ0n) is 13.2. The molecule has 0 aliphatic carbocycles. The number of aromatic nitrogens is 2. The maximum absolute atomic E-state index is 12.4. The van der Waals surface area contributed by atoms with Gasteiger partial charge in [0, 0.05) is 11.6 Å². The number of carbonyl (C=O) groups is 1. The molecule has 7 nitrogen and oxygen atoms in total. The average Bonchev–Trinajstić information content (AvgIpc) is 3.33. The third kappa shape index (κ3) is 3.12. The van der Waals surface area contributed by atoms with Gasteiger partial charge in [0.15, 0.2) is 0 Å². The first-order chi connectivity index (χ1) is 12.3. The third-order valence-corrected chi connectivity index (χ3v) is 3.64. The highest BCUT2D eigenvalue weighted by Crippen LogP contribution is 2.25. The highest BCUT2D eigenvalue weighted by Gasteiger charge is 2.19. The monoisotopic (exact) mass is 337 g/mol. The molecule has 4 rings (SSSR count). The third-order valence-electron chi connectivity index (χ3n) is 3.64. The first-order valence-corrected chi connectivity index (χ1v) is 7.75. The van der Waals surface area contributed by atoms with Crippen LogP contribution in [0.15, 0.2) is 71.4 Å². The van der Waals surface area contributed by atoms with E-state index < -0.39 is 5.91 Å². The van der Waals surface area contributed by atoms with Crippen molar-refractivity contribution in [3.05, 3.63) is 67.0 Å². The van der Waals surface area contributed by atoms with Crippen molar-refractivity contribution in [2.75, 3.05) is 18.5 Å². The molecule has 0 unspecified atom stereocenters. The molecule has 0 bridgehead atoms. The quantitative estimate of drug-likeness (QED) is 0.792. The molecule has 7 heteroatoms. The summed E-state index contributed by atoms with van der Waals surface area (Å²) in [6, 6.07) is 13.1. The molecule has 0 fully saturated rings. The molecule has 1 amide bonds. The van der Waals surface area contributed by atoms with Gasteiger partial charge in [0.1, 0.15) is 25.3 Å². The van der Waals surface area contributed by atoms with Crippen molar-refractivity contribution >= 4 is 11.7 Å². The number of para-hydroxylation sites is 1. The van der Waals surface area contributed by atoms with Crippen LogP contribution in [0.3, 0.4) is 0 Å². The smallest absolute Gasteiger partial charge is 0.295 e. The Labute approximate surface area is 143 Å². The summed E-state index contributed by atoms with van der Waals surface area (Å²) >= 11 is 0. The predicted octanol–water partition coefficient (Wildman–Crippen LogP) is 2.96. The molecule has 1 N–H and O–H groups in total. The van der Waals surface area contributed by atoms with Gasteiger partial charge in [-0.1, -0.05) is 18.2 Å². The maximum atomic E-state index is 12.4. The molecule has 0 saturated carbocycles. The van der Waals surface area contributed by atoms with Crippen molar-refractivity contribution in [3.8, 4) is 16.9 Å². The Bertz CT molecular complexity index is 898. The molecule has 126 valence electrons. The minimum Gasteiger partial charge on any atom is -0.494 e. The summed E-state index contributed by atoms with van der Waals surface area (Å²) in [6.45, 7) is 0.779. The van der Waals surface area contributed by atoms with E-state index in [2.05, 4.69) is 10.4 Å². The van der Waals surface area contributed by atoms with Crippen LogP contribution in [0, 0.1) is 0 Å². The van der Waals surface area contributed by atoms with E-state index in [9.17, 15) is 4.79 Å². The van der Waals surface area contributed by atoms with Crippen LogP contribution < -0.4 is 5.32 Å². The van der Waals surface area contributed by atoms with Gasteiger partial charge < -0.3 is 19.2 Å². The molecule has 2 aromatic heterocycles. The molecular weight excluding hydrogens is 322 g/mol. The molecule has 0 atom stereocenters. The molecular formula is C18H15N3O4. The number of benzene rings is 1. The number of carbonyl (C=O) groups excluding carboxylic acids is 1. The van der Waals surface area contributed by atoms with E-state index >= 15 is 0 Å². The van der Waals surface area contributed by atoms with Gasteiger partial charge in [-0.15, -0.1) is 0 Å². The number of hydrogen-bond donors (Lipinski definition) is 1. The molecule has 3 aromatic rings. The van der Waals surface area contributed by atoms with Gasteiger partial charge in [0.25, 0.3) is 5.91 Å². The molecule has 1 aliphatic rings. The molecule has 1 aliphatic heterocycles. The Balaban J connectivity index is 1.70. The SMILES string of the molecule is O=C(Nc1cc(-c2ccoc2)nn1-c1ccccc1)C1=COCCO1. The van der Waals surface area contributed by atoms with Crippen LogP contribution in [0.5, 0.6) is 0 Å². The normalized spacial score (nSPS) is 13.5. The fourth-order valence-corrected chi connectivity index (χ4v) is 2.45. The second-order valence-corrected chi connectivity index (χ2v) is 5.33. The Morgan fingerprint density at radius 3 is 2.76 bits per heavy atom. The summed E-state index contributed by atoms with van der Waals surface area (Å²) < 4.78 is 17.2. The van der Waals surface area contributed by atoms with Crippen LogP contribution in [0.4, 0.5) is 5.82 Å². The lowest BCUT2D eigenvalue weighted by Gasteiger charge is -2.15. The van der Waals surface area contributed by atoms with E-state index in [-0.39, 0.29) is 5.76 Å². The van der Waals surface area contributed by atoms with Crippen LogP contribution in [0.1, 0.15) is 0 Å². The summed E-state index contributed by atoms with van der Waals surface area (Å²) in [6.07, 6.45) is 4.50. The van der Waals surface area contributed by atoms with E-state index in [0.29, 0.717) is 24.7 Å². The van der Waals surface area contributed by atoms with Gasteiger partial charge in [0.05, 0.1) is 23.9 Å². The van der Waals surface area contributed by atoms with Crippen LogP contribution in [-0.4, -0.2) is 28.9 Å². The average molecular weight is 337 g/mol. The lowest BCUT2D eigenvalue weighted by atomic mass is 10.2. The number of furan rings is 1. The van der Waals surface area contributed by atoms with Crippen LogP contribution >= 0.6 is 0 Å². The number of nitrogens with one attached hydrogen (secondary N) is 1. The zero-order valence-corrected chi connectivity index (χ0v) is 13.2. The molecule has 25 heavy (non-hydrogen) atoms. The summed E-state index contributed by atoms with van der Waals surface area (Å²) in [5.74, 6) is 0.259. The summed E-state index contributed by atoms with van der Waals surface area (Å²) in [5.41, 5.74) is 2.33. The van der Waals surface area contributed by atoms with Gasteiger partial charge in [-0.2, -0.15) is 5.10 Å². The van der Waals surface area contributed by atoms with E-state index in [1.807, 2.05) is 36.4 Å². The Morgan fingerprint density at radius 1 is 1.16 bits per heavy atom. The number of hydrogen-bond acceptors (Lipinski definition) is 5. The second kappa shape index (κ2) is 6.56. The fourth-order valence-electron chi connectivity index (χ4n) is 2.45. The summed E-state index contributed by atoms with van der Waals surface area (Å²) in [4.78, 5) is 12.4. The standard InChI is InChI=1S/C18H15N3O4/c22-18(16-12-24-8-9-25-16)19-17-10-15(13-6-7-23-11-13)20-21(17)14-4-2-1-3-5-14/h1-7,10-12H,8-9H2,(H,19,22). The number of nitrogens with zero attached hydrogens (tertiary/aromatic N) is 2. The van der Waals surface area contributed by atoms with Gasteiger partial charge in [-0.25, -0.2) is 4.68 Å². The molecule has 0 spiro atoms. The number of ether oxygens (including phenoxy) is 2. The molecule has 3 heterocycles. The Kier molecular flexibility index (Phi) is 3.96. The van der Waals surface area contributed by atoms with Crippen LogP contribution in [0.2, 0.25) is 0 Å². The van der Waals surface area contributed by atoms with Crippen LogP contribution in [0.25, 0.3) is 16.9 Å². The van der Waals surface area contributed by atoms with E-state index in [1.54, 1.807) is 23.3 Å². The highest BCUT2D eigenvalue weighted by molar-refractivity contribution is 6.02. The predicted molar refractivity (Wildman–Crippen MR) is 89.9 cm³/mol. The fraction of sp³-hybridized carbons (Fsp3) is 0.111. The van der Waals surface area contributed by atoms with E-state index in [4.69, 9.17) is 13.9 Å². The largest absolute Gasteiger partial charge is 0.494 e. The van der Waals surface area contributed by atoms with Gasteiger partial charge in [-0.3, -0.25) is 4.79 Å². The molecule has 0 radical (unpaired) electrons. The maximum Gasteiger partial charge on any atom is 0.295 e. The van der Waals surface area contributed by atoms with Crippen molar-refractivity contribution in [2.45, 2.75) is 0 Å². The van der Waals surface area contributed by atoms with Gasteiger partial charge in [0.2, 0.25) is 5.76 Å². The lowest BCUT2D eigenvalue weighted by Crippen LogP contribution is -2.22. The van der Waals surface area contributed by atoms with Crippen LogP contribution in [-0.2, 0) is 14.3 Å². The van der Waals surface area contributed by atoms with Gasteiger partial charge >= 0.3 is 0 Å². The topological polar surface area (TPSA) is 78.5 Å². The number of anilines is 1. The van der Waals surface area contributed by atoms with Crippen molar-refractivity contribution in [1.82, 2.24) is 9.78 Å². The van der Waals surface area contributed by atoms with E-state index in [1.165, 1.54) is 6.26 Å². The first-order valence-electron chi connectivity index (χ1n) is 7.75. The molecule has 1 aromatic carbocycles. The minimum absolute atomic E-state index is 0.136. The highest BCUT2D eigenvalue weighted by atomic mass is 16.6. The minimum atomic E-state index is -0.393. The van der Waals surface area contributed by atoms with Crippen molar-refractivity contribution in [3.63, 3.8) is 0 Å². The summed E-state index contributed by atoms with van der Waals surface area (Å²) in [5, 5.41) is 7.39. The first kappa shape index (κ1) is 15.1. The number of amides is 1. The van der Waals surface area contributed by atoms with Crippen molar-refractivity contribution in [1.29, 1.82) is 0 Å². The zero-order chi connectivity index (χ0) is 17.1. The number of rotatable bonds is 4. The molecule has 0 saturated heterocycles.